The Bertz CT molecular complexity index is 578. The molecular weight excluding hydrogens is 288 g/mol. The zero-order valence-electron chi connectivity index (χ0n) is 13.7. The van der Waals surface area contributed by atoms with Gasteiger partial charge in [-0.05, 0) is 36.8 Å². The Morgan fingerprint density at radius 2 is 1.87 bits per heavy atom. The standard InChI is InChI=1S/C18H26N4O/c19-18(21-9-2-1-3-10-21)20-13-15-6-4-7-16(12-15)14-22-11-5-8-17(22)23/h4,6-7,12H,1-3,5,8-11,13-14H2,(H2,19,20). The van der Waals surface area contributed by atoms with E-state index < -0.39 is 0 Å². The highest BCUT2D eigenvalue weighted by atomic mass is 16.2. The molecule has 2 aliphatic rings. The van der Waals surface area contributed by atoms with Crippen LogP contribution in [0.2, 0.25) is 0 Å². The number of hydrogen-bond acceptors (Lipinski definition) is 2. The molecule has 0 bridgehead atoms. The van der Waals surface area contributed by atoms with Crippen LogP contribution in [0.25, 0.3) is 0 Å². The molecule has 5 heteroatoms. The highest BCUT2D eigenvalue weighted by Crippen LogP contribution is 2.16. The smallest absolute Gasteiger partial charge is 0.222 e. The predicted molar refractivity (Wildman–Crippen MR) is 91.8 cm³/mol. The Kier molecular flexibility index (Phi) is 5.16. The van der Waals surface area contributed by atoms with E-state index in [1.165, 1.54) is 24.8 Å². The number of carbonyl (C=O) groups is 1. The number of aliphatic imine (C=N–C) groups is 1. The first-order chi connectivity index (χ1) is 11.2. The molecule has 2 saturated heterocycles. The van der Waals surface area contributed by atoms with Gasteiger partial charge in [-0.1, -0.05) is 24.3 Å². The fourth-order valence-electron chi connectivity index (χ4n) is 3.31. The molecule has 1 aromatic carbocycles. The zero-order valence-corrected chi connectivity index (χ0v) is 13.7. The largest absolute Gasteiger partial charge is 0.370 e. The fourth-order valence-corrected chi connectivity index (χ4v) is 3.31. The number of likely N-dealkylation sites (tertiary alicyclic amines) is 2. The van der Waals surface area contributed by atoms with Crippen molar-refractivity contribution in [1.29, 1.82) is 0 Å². The highest BCUT2D eigenvalue weighted by Gasteiger charge is 2.19. The third-order valence-electron chi connectivity index (χ3n) is 4.64. The predicted octanol–water partition coefficient (Wildman–Crippen LogP) is 2.11. The van der Waals surface area contributed by atoms with E-state index in [0.29, 0.717) is 25.5 Å². The van der Waals surface area contributed by atoms with Gasteiger partial charge in [0.25, 0.3) is 0 Å². The summed E-state index contributed by atoms with van der Waals surface area (Å²) in [5.41, 5.74) is 8.43. The number of nitrogens with two attached hydrogens (primary N) is 1. The van der Waals surface area contributed by atoms with Gasteiger partial charge >= 0.3 is 0 Å². The minimum atomic E-state index is 0.266. The molecule has 0 saturated carbocycles. The van der Waals surface area contributed by atoms with Gasteiger partial charge in [-0.3, -0.25) is 4.79 Å². The summed E-state index contributed by atoms with van der Waals surface area (Å²) in [6.45, 7) is 4.23. The lowest BCUT2D eigenvalue weighted by Gasteiger charge is -2.27. The van der Waals surface area contributed by atoms with Crippen LogP contribution >= 0.6 is 0 Å². The second kappa shape index (κ2) is 7.49. The second-order valence-corrected chi connectivity index (χ2v) is 6.46. The zero-order chi connectivity index (χ0) is 16.1. The molecule has 124 valence electrons. The van der Waals surface area contributed by atoms with E-state index in [1.54, 1.807) is 0 Å². The van der Waals surface area contributed by atoms with Crippen molar-refractivity contribution in [2.75, 3.05) is 19.6 Å². The Morgan fingerprint density at radius 3 is 2.61 bits per heavy atom. The summed E-state index contributed by atoms with van der Waals surface area (Å²) in [7, 11) is 0. The van der Waals surface area contributed by atoms with Gasteiger partial charge in [0.1, 0.15) is 0 Å². The lowest BCUT2D eigenvalue weighted by molar-refractivity contribution is -0.128. The Hall–Kier alpha value is -2.04. The van der Waals surface area contributed by atoms with Crippen LogP contribution in [0, 0.1) is 0 Å². The summed E-state index contributed by atoms with van der Waals surface area (Å²) in [4.78, 5) is 20.4. The Balaban J connectivity index is 1.59. The van der Waals surface area contributed by atoms with Crippen LogP contribution in [0.1, 0.15) is 43.2 Å². The van der Waals surface area contributed by atoms with Crippen LogP contribution in [-0.4, -0.2) is 41.3 Å². The quantitative estimate of drug-likeness (QED) is 0.684. The van der Waals surface area contributed by atoms with Gasteiger partial charge in [-0.15, -0.1) is 0 Å². The summed E-state index contributed by atoms with van der Waals surface area (Å²) >= 11 is 0. The van der Waals surface area contributed by atoms with E-state index in [1.807, 2.05) is 11.0 Å². The summed E-state index contributed by atoms with van der Waals surface area (Å²) < 4.78 is 0. The topological polar surface area (TPSA) is 61.9 Å². The lowest BCUT2D eigenvalue weighted by Crippen LogP contribution is -2.40. The maximum atomic E-state index is 11.7. The van der Waals surface area contributed by atoms with Gasteiger partial charge in [0.15, 0.2) is 5.96 Å². The molecule has 3 rings (SSSR count). The minimum Gasteiger partial charge on any atom is -0.370 e. The van der Waals surface area contributed by atoms with Crippen molar-refractivity contribution in [3.63, 3.8) is 0 Å². The van der Waals surface area contributed by atoms with Crippen LogP contribution in [-0.2, 0) is 17.9 Å². The molecular formula is C18H26N4O. The number of guanidine groups is 1. The van der Waals surface area contributed by atoms with Crippen molar-refractivity contribution < 1.29 is 4.79 Å². The average molecular weight is 314 g/mol. The first-order valence-electron chi connectivity index (χ1n) is 8.63. The van der Waals surface area contributed by atoms with Gasteiger partial charge in [0, 0.05) is 32.6 Å². The van der Waals surface area contributed by atoms with Crippen molar-refractivity contribution in [1.82, 2.24) is 9.80 Å². The number of hydrogen-bond donors (Lipinski definition) is 1. The summed E-state index contributed by atoms with van der Waals surface area (Å²) in [6.07, 6.45) is 5.37. The summed E-state index contributed by atoms with van der Waals surface area (Å²) in [6, 6.07) is 8.32. The Morgan fingerprint density at radius 1 is 1.09 bits per heavy atom. The molecule has 2 heterocycles. The molecule has 23 heavy (non-hydrogen) atoms. The number of amides is 1. The number of nitrogens with zero attached hydrogens (tertiary/aromatic N) is 3. The third kappa shape index (κ3) is 4.24. The first kappa shape index (κ1) is 15.8. The van der Waals surface area contributed by atoms with Crippen molar-refractivity contribution >= 4 is 11.9 Å². The molecule has 0 radical (unpaired) electrons. The fraction of sp³-hybridized carbons (Fsp3) is 0.556. The van der Waals surface area contributed by atoms with E-state index in [9.17, 15) is 4.79 Å². The molecule has 1 amide bonds. The van der Waals surface area contributed by atoms with Gasteiger partial charge in [0.2, 0.25) is 5.91 Å². The second-order valence-electron chi connectivity index (χ2n) is 6.46. The van der Waals surface area contributed by atoms with E-state index in [-0.39, 0.29) is 5.91 Å². The normalized spacial score (nSPS) is 19.5. The molecule has 2 aliphatic heterocycles. The van der Waals surface area contributed by atoms with Crippen LogP contribution in [0.4, 0.5) is 0 Å². The van der Waals surface area contributed by atoms with Gasteiger partial charge in [0.05, 0.1) is 6.54 Å². The van der Waals surface area contributed by atoms with E-state index in [4.69, 9.17) is 5.73 Å². The van der Waals surface area contributed by atoms with Crippen LogP contribution < -0.4 is 5.73 Å². The van der Waals surface area contributed by atoms with E-state index in [2.05, 4.69) is 28.1 Å². The van der Waals surface area contributed by atoms with Gasteiger partial charge in [-0.25, -0.2) is 4.99 Å². The minimum absolute atomic E-state index is 0.266. The van der Waals surface area contributed by atoms with Crippen LogP contribution in [0.15, 0.2) is 29.3 Å². The Labute approximate surface area is 138 Å². The SMILES string of the molecule is NC(=NCc1cccc(CN2CCCC2=O)c1)N1CCCCC1. The molecule has 0 unspecified atom stereocenters. The van der Waals surface area contributed by atoms with E-state index in [0.717, 1.165) is 31.6 Å². The molecule has 0 atom stereocenters. The molecule has 2 N–H and O–H groups in total. The molecule has 0 spiro atoms. The third-order valence-corrected chi connectivity index (χ3v) is 4.64. The van der Waals surface area contributed by atoms with Crippen molar-refractivity contribution in [2.45, 2.75) is 45.2 Å². The molecule has 0 aliphatic carbocycles. The average Bonchev–Trinajstić information content (AvgIpc) is 2.99. The maximum absolute atomic E-state index is 11.7. The van der Waals surface area contributed by atoms with Crippen LogP contribution in [0.3, 0.4) is 0 Å². The lowest BCUT2D eigenvalue weighted by atomic mass is 10.1. The first-order valence-corrected chi connectivity index (χ1v) is 8.63. The van der Waals surface area contributed by atoms with E-state index >= 15 is 0 Å². The van der Waals surface area contributed by atoms with Gasteiger partial charge < -0.3 is 15.5 Å². The molecule has 2 fully saturated rings. The van der Waals surface area contributed by atoms with Crippen molar-refractivity contribution in [2.24, 2.45) is 10.7 Å². The van der Waals surface area contributed by atoms with Crippen molar-refractivity contribution in [3.05, 3.63) is 35.4 Å². The molecule has 5 nitrogen and oxygen atoms in total. The number of carbonyl (C=O) groups excluding carboxylic acids is 1. The summed E-state index contributed by atoms with van der Waals surface area (Å²) in [5.74, 6) is 0.924. The van der Waals surface area contributed by atoms with Crippen LogP contribution in [0.5, 0.6) is 0 Å². The maximum Gasteiger partial charge on any atom is 0.222 e. The monoisotopic (exact) mass is 314 g/mol. The number of piperidine rings is 1. The van der Waals surface area contributed by atoms with Gasteiger partial charge in [-0.2, -0.15) is 0 Å². The van der Waals surface area contributed by atoms with Crippen molar-refractivity contribution in [3.8, 4) is 0 Å². The number of benzene rings is 1. The molecule has 0 aromatic heterocycles. The highest BCUT2D eigenvalue weighted by molar-refractivity contribution is 5.78. The number of rotatable bonds is 4. The molecule has 1 aromatic rings. The summed E-state index contributed by atoms with van der Waals surface area (Å²) in [5, 5.41) is 0.